The summed E-state index contributed by atoms with van der Waals surface area (Å²) in [7, 11) is 3.07. The molecule has 1 aliphatic carbocycles. The molecule has 28 heavy (non-hydrogen) atoms. The van der Waals surface area contributed by atoms with Crippen molar-refractivity contribution >= 4 is 11.9 Å². The average molecular weight is 391 g/mol. The molecular formula is C21H29NO6. The first-order chi connectivity index (χ1) is 13.5. The molecule has 3 rings (SSSR count). The lowest BCUT2D eigenvalue weighted by Crippen LogP contribution is -2.52. The van der Waals surface area contributed by atoms with Crippen molar-refractivity contribution in [3.05, 3.63) is 23.8 Å². The van der Waals surface area contributed by atoms with Crippen LogP contribution < -0.4 is 9.47 Å². The molecule has 7 heteroatoms. The minimum atomic E-state index is -1.06. The second-order valence-corrected chi connectivity index (χ2v) is 7.74. The van der Waals surface area contributed by atoms with Gasteiger partial charge in [-0.15, -0.1) is 0 Å². The van der Waals surface area contributed by atoms with Gasteiger partial charge in [0, 0.05) is 25.8 Å². The second-order valence-electron chi connectivity index (χ2n) is 7.74. The zero-order chi connectivity index (χ0) is 20.1. The number of aliphatic carboxylic acids is 1. The maximum absolute atomic E-state index is 13.1. The Morgan fingerprint density at radius 3 is 2.57 bits per heavy atom. The number of hydrogen-bond donors (Lipinski definition) is 1. The number of nitrogens with zero attached hydrogens (tertiary/aromatic N) is 1. The maximum atomic E-state index is 13.1. The summed E-state index contributed by atoms with van der Waals surface area (Å²) in [6.07, 6.45) is 5.58. The van der Waals surface area contributed by atoms with Crippen LogP contribution in [0.3, 0.4) is 0 Å². The minimum Gasteiger partial charge on any atom is -0.493 e. The molecule has 0 radical (unpaired) electrons. The van der Waals surface area contributed by atoms with Crippen LogP contribution in [0.5, 0.6) is 11.5 Å². The molecule has 0 spiro atoms. The monoisotopic (exact) mass is 391 g/mol. The third kappa shape index (κ3) is 4.24. The quantitative estimate of drug-likeness (QED) is 0.769. The zero-order valence-electron chi connectivity index (χ0n) is 16.6. The molecule has 1 unspecified atom stereocenters. The van der Waals surface area contributed by atoms with E-state index in [4.69, 9.17) is 14.2 Å². The van der Waals surface area contributed by atoms with Gasteiger partial charge < -0.3 is 24.2 Å². The number of carboxylic acid groups (broad SMARTS) is 1. The van der Waals surface area contributed by atoms with E-state index >= 15 is 0 Å². The fraction of sp³-hybridized carbons (Fsp3) is 0.619. The largest absolute Gasteiger partial charge is 0.493 e. The van der Waals surface area contributed by atoms with Crippen LogP contribution in [0.15, 0.2) is 18.2 Å². The summed E-state index contributed by atoms with van der Waals surface area (Å²) in [4.78, 5) is 26.6. The summed E-state index contributed by atoms with van der Waals surface area (Å²) in [5, 5.41) is 9.71. The number of piperidine rings is 1. The van der Waals surface area contributed by atoms with E-state index in [1.54, 1.807) is 30.2 Å². The van der Waals surface area contributed by atoms with Crippen molar-refractivity contribution in [2.75, 3.05) is 33.9 Å². The van der Waals surface area contributed by atoms with Crippen molar-refractivity contribution < 1.29 is 28.9 Å². The minimum absolute atomic E-state index is 0.0881. The fourth-order valence-electron chi connectivity index (χ4n) is 4.21. The van der Waals surface area contributed by atoms with Crippen LogP contribution in [0.1, 0.15) is 48.9 Å². The normalized spacial score (nSPS) is 22.9. The fourth-order valence-corrected chi connectivity index (χ4v) is 4.21. The maximum Gasteiger partial charge on any atom is 0.313 e. The van der Waals surface area contributed by atoms with Gasteiger partial charge in [-0.3, -0.25) is 9.59 Å². The molecule has 0 bridgehead atoms. The summed E-state index contributed by atoms with van der Waals surface area (Å²) in [6, 6.07) is 5.16. The molecule has 1 heterocycles. The Kier molecular flexibility index (Phi) is 6.44. The summed E-state index contributed by atoms with van der Waals surface area (Å²) in [5.74, 6) is 0.0483. The van der Waals surface area contributed by atoms with Crippen LogP contribution in [-0.4, -0.2) is 61.9 Å². The van der Waals surface area contributed by atoms with E-state index in [0.29, 0.717) is 36.4 Å². The van der Waals surface area contributed by atoms with Crippen molar-refractivity contribution in [1.82, 2.24) is 4.90 Å². The molecule has 1 saturated heterocycles. The highest BCUT2D eigenvalue weighted by atomic mass is 16.5. The summed E-state index contributed by atoms with van der Waals surface area (Å²) in [5.41, 5.74) is -0.578. The Balaban J connectivity index is 1.80. The van der Waals surface area contributed by atoms with E-state index in [1.165, 1.54) is 7.11 Å². The third-order valence-corrected chi connectivity index (χ3v) is 5.74. The average Bonchev–Trinajstić information content (AvgIpc) is 3.21. The molecular weight excluding hydrogens is 362 g/mol. The lowest BCUT2D eigenvalue weighted by atomic mass is 9.80. The molecule has 1 aromatic carbocycles. The molecule has 1 atom stereocenters. The Morgan fingerprint density at radius 2 is 1.93 bits per heavy atom. The Labute approximate surface area is 165 Å². The smallest absolute Gasteiger partial charge is 0.313 e. The van der Waals surface area contributed by atoms with Crippen molar-refractivity contribution in [2.45, 2.75) is 44.6 Å². The van der Waals surface area contributed by atoms with Gasteiger partial charge in [0.1, 0.15) is 5.41 Å². The second kappa shape index (κ2) is 8.82. The van der Waals surface area contributed by atoms with Crippen LogP contribution >= 0.6 is 0 Å². The number of amides is 1. The van der Waals surface area contributed by atoms with Crippen molar-refractivity contribution in [3.8, 4) is 11.5 Å². The number of carbonyl (C=O) groups is 2. The zero-order valence-corrected chi connectivity index (χ0v) is 16.6. The first-order valence-electron chi connectivity index (χ1n) is 9.85. The first kappa shape index (κ1) is 20.5. The van der Waals surface area contributed by atoms with Gasteiger partial charge in [0.15, 0.2) is 11.5 Å². The molecule has 2 aliphatic rings. The highest BCUT2D eigenvalue weighted by molar-refractivity contribution is 5.95. The molecule has 1 N–H and O–H groups in total. The van der Waals surface area contributed by atoms with Crippen molar-refractivity contribution in [2.24, 2.45) is 5.41 Å². The number of benzene rings is 1. The van der Waals surface area contributed by atoms with Crippen LogP contribution in [0, 0.1) is 5.41 Å². The van der Waals surface area contributed by atoms with Gasteiger partial charge in [-0.25, -0.2) is 0 Å². The summed E-state index contributed by atoms with van der Waals surface area (Å²) < 4.78 is 16.6. The molecule has 1 aliphatic heterocycles. The van der Waals surface area contributed by atoms with Gasteiger partial charge in [0.2, 0.25) is 0 Å². The lowest BCUT2D eigenvalue weighted by molar-refractivity contribution is -0.155. The van der Waals surface area contributed by atoms with Crippen LogP contribution in [0.25, 0.3) is 0 Å². The predicted molar refractivity (Wildman–Crippen MR) is 103 cm³/mol. The molecule has 7 nitrogen and oxygen atoms in total. The van der Waals surface area contributed by atoms with Gasteiger partial charge >= 0.3 is 5.97 Å². The number of likely N-dealkylation sites (tertiary alicyclic amines) is 1. The van der Waals surface area contributed by atoms with Gasteiger partial charge in [-0.05, 0) is 56.7 Å². The highest BCUT2D eigenvalue weighted by Gasteiger charge is 2.44. The molecule has 2 fully saturated rings. The molecule has 1 saturated carbocycles. The number of ether oxygens (including phenoxy) is 3. The molecule has 0 aromatic heterocycles. The number of rotatable bonds is 7. The summed E-state index contributed by atoms with van der Waals surface area (Å²) >= 11 is 0. The van der Waals surface area contributed by atoms with E-state index in [9.17, 15) is 14.7 Å². The van der Waals surface area contributed by atoms with Gasteiger partial charge in [-0.1, -0.05) is 0 Å². The molecule has 1 amide bonds. The Bertz CT molecular complexity index is 711. The van der Waals surface area contributed by atoms with Crippen LogP contribution in [0.4, 0.5) is 0 Å². The molecule has 1 aromatic rings. The van der Waals surface area contributed by atoms with E-state index < -0.39 is 11.4 Å². The number of carboxylic acids is 1. The third-order valence-electron chi connectivity index (χ3n) is 5.74. The SMILES string of the molecule is COCC1(C(=O)O)CCCN(C(=O)c2ccc(OC)c(OC3CCCC3)c2)C1. The van der Waals surface area contributed by atoms with Gasteiger partial charge in [0.05, 0.1) is 19.8 Å². The van der Waals surface area contributed by atoms with Crippen molar-refractivity contribution in [3.63, 3.8) is 0 Å². The van der Waals surface area contributed by atoms with E-state index in [0.717, 1.165) is 25.7 Å². The van der Waals surface area contributed by atoms with E-state index in [-0.39, 0.29) is 25.2 Å². The lowest BCUT2D eigenvalue weighted by Gasteiger charge is -2.39. The first-order valence-corrected chi connectivity index (χ1v) is 9.85. The Hall–Kier alpha value is -2.28. The number of hydrogen-bond acceptors (Lipinski definition) is 5. The summed E-state index contributed by atoms with van der Waals surface area (Å²) in [6.45, 7) is 0.757. The van der Waals surface area contributed by atoms with Crippen LogP contribution in [0.2, 0.25) is 0 Å². The standard InChI is InChI=1S/C21H29NO6/c1-26-14-21(20(24)25)10-5-11-22(13-21)19(23)15-8-9-17(27-2)18(12-15)28-16-6-3-4-7-16/h8-9,12,16H,3-7,10-11,13-14H2,1-2H3,(H,24,25). The highest BCUT2D eigenvalue weighted by Crippen LogP contribution is 2.35. The van der Waals surface area contributed by atoms with E-state index in [2.05, 4.69) is 0 Å². The molecule has 154 valence electrons. The van der Waals surface area contributed by atoms with E-state index in [1.807, 2.05) is 0 Å². The number of carbonyl (C=O) groups excluding carboxylic acids is 1. The Morgan fingerprint density at radius 1 is 1.18 bits per heavy atom. The topological polar surface area (TPSA) is 85.3 Å². The van der Waals surface area contributed by atoms with Crippen molar-refractivity contribution in [1.29, 1.82) is 0 Å². The van der Waals surface area contributed by atoms with Gasteiger partial charge in [0.25, 0.3) is 5.91 Å². The predicted octanol–water partition coefficient (Wildman–Crippen LogP) is 2.97. The van der Waals surface area contributed by atoms with Gasteiger partial charge in [-0.2, -0.15) is 0 Å². The number of methoxy groups -OCH3 is 2. The van der Waals surface area contributed by atoms with Crippen LogP contribution in [-0.2, 0) is 9.53 Å².